The average molecular weight is 389 g/mol. The molecule has 0 saturated carbocycles. The molecule has 3 aromatic rings. The molecule has 7 nitrogen and oxygen atoms in total. The van der Waals surface area contributed by atoms with Crippen molar-refractivity contribution in [1.29, 1.82) is 0 Å². The quantitative estimate of drug-likeness (QED) is 0.690. The summed E-state index contributed by atoms with van der Waals surface area (Å²) in [6.45, 7) is 5.49. The highest BCUT2D eigenvalue weighted by Crippen LogP contribution is 2.21. The summed E-state index contributed by atoms with van der Waals surface area (Å²) in [5.74, 6) is 0.467. The van der Waals surface area contributed by atoms with Gasteiger partial charge < -0.3 is 20.2 Å². The number of aromatic nitrogens is 2. The third-order valence-corrected chi connectivity index (χ3v) is 4.93. The zero-order chi connectivity index (χ0) is 20.2. The summed E-state index contributed by atoms with van der Waals surface area (Å²) in [6, 6.07) is 18.9. The van der Waals surface area contributed by atoms with E-state index in [0.717, 1.165) is 37.6 Å². The molecule has 7 heteroatoms. The summed E-state index contributed by atoms with van der Waals surface area (Å²) in [6.07, 6.45) is 0. The number of anilines is 4. The standard InChI is InChI=1S/C22H23N5O2/c1-16-15-20(24-18-9-7-17(8-10-18)21(28)29)25-22(23-16)27-13-11-26(12-14-27)19-5-3-2-4-6-19/h2-10,15H,11-14H2,1H3,(H,28,29)(H,23,24,25). The van der Waals surface area contributed by atoms with Gasteiger partial charge in [-0.05, 0) is 43.3 Å². The largest absolute Gasteiger partial charge is 0.478 e. The van der Waals surface area contributed by atoms with E-state index in [1.54, 1.807) is 24.3 Å². The first-order chi connectivity index (χ1) is 14.1. The van der Waals surface area contributed by atoms with Gasteiger partial charge in [0.05, 0.1) is 5.56 Å². The highest BCUT2D eigenvalue weighted by atomic mass is 16.4. The van der Waals surface area contributed by atoms with E-state index in [1.165, 1.54) is 5.69 Å². The number of hydrogen-bond acceptors (Lipinski definition) is 6. The zero-order valence-electron chi connectivity index (χ0n) is 16.2. The Kier molecular flexibility index (Phi) is 5.29. The number of carbonyl (C=O) groups is 1. The van der Waals surface area contributed by atoms with Gasteiger partial charge in [0.1, 0.15) is 5.82 Å². The van der Waals surface area contributed by atoms with Crippen molar-refractivity contribution in [3.63, 3.8) is 0 Å². The summed E-state index contributed by atoms with van der Waals surface area (Å²) in [4.78, 5) is 24.9. The van der Waals surface area contributed by atoms with Crippen LogP contribution in [0, 0.1) is 6.92 Å². The van der Waals surface area contributed by atoms with Crippen LogP contribution >= 0.6 is 0 Å². The number of aromatic carboxylic acids is 1. The monoisotopic (exact) mass is 389 g/mol. The second-order valence-electron chi connectivity index (χ2n) is 7.01. The number of nitrogens with zero attached hydrogens (tertiary/aromatic N) is 4. The molecule has 1 fully saturated rings. The fraction of sp³-hybridized carbons (Fsp3) is 0.227. The van der Waals surface area contributed by atoms with E-state index in [9.17, 15) is 4.79 Å². The number of carboxylic acids is 1. The zero-order valence-corrected chi connectivity index (χ0v) is 16.2. The van der Waals surface area contributed by atoms with Crippen LogP contribution in [-0.4, -0.2) is 47.2 Å². The van der Waals surface area contributed by atoms with E-state index >= 15 is 0 Å². The lowest BCUT2D eigenvalue weighted by Crippen LogP contribution is -2.47. The smallest absolute Gasteiger partial charge is 0.335 e. The topological polar surface area (TPSA) is 81.6 Å². The molecule has 1 saturated heterocycles. The lowest BCUT2D eigenvalue weighted by Gasteiger charge is -2.36. The minimum atomic E-state index is -0.939. The Morgan fingerprint density at radius 3 is 2.24 bits per heavy atom. The Morgan fingerprint density at radius 1 is 0.931 bits per heavy atom. The van der Waals surface area contributed by atoms with Gasteiger partial charge in [0.2, 0.25) is 5.95 Å². The molecule has 0 spiro atoms. The SMILES string of the molecule is Cc1cc(Nc2ccc(C(=O)O)cc2)nc(N2CCN(c3ccccc3)CC2)n1. The van der Waals surface area contributed by atoms with Gasteiger partial charge >= 0.3 is 5.97 Å². The molecule has 0 radical (unpaired) electrons. The van der Waals surface area contributed by atoms with Crippen molar-refractivity contribution in [2.75, 3.05) is 41.3 Å². The second-order valence-corrected chi connectivity index (χ2v) is 7.01. The number of aryl methyl sites for hydroxylation is 1. The molecule has 0 aliphatic carbocycles. The predicted molar refractivity (Wildman–Crippen MR) is 114 cm³/mol. The Morgan fingerprint density at radius 2 is 1.59 bits per heavy atom. The lowest BCUT2D eigenvalue weighted by molar-refractivity contribution is 0.0697. The van der Waals surface area contributed by atoms with Gasteiger partial charge in [-0.15, -0.1) is 0 Å². The maximum absolute atomic E-state index is 11.0. The summed E-state index contributed by atoms with van der Waals surface area (Å²) >= 11 is 0. The number of rotatable bonds is 5. The van der Waals surface area contributed by atoms with Gasteiger partial charge in [-0.1, -0.05) is 18.2 Å². The van der Waals surface area contributed by atoms with Crippen molar-refractivity contribution in [3.05, 3.63) is 71.9 Å². The van der Waals surface area contributed by atoms with Gasteiger partial charge in [-0.3, -0.25) is 0 Å². The predicted octanol–water partition coefficient (Wildman–Crippen LogP) is 3.55. The lowest BCUT2D eigenvalue weighted by atomic mass is 10.2. The summed E-state index contributed by atoms with van der Waals surface area (Å²) in [5, 5.41) is 12.3. The van der Waals surface area contributed by atoms with Crippen LogP contribution in [-0.2, 0) is 0 Å². The number of benzene rings is 2. The molecule has 148 valence electrons. The molecule has 4 rings (SSSR count). The Labute approximate surface area is 169 Å². The van der Waals surface area contributed by atoms with Crippen molar-refractivity contribution in [3.8, 4) is 0 Å². The minimum Gasteiger partial charge on any atom is -0.478 e. The molecule has 0 bridgehead atoms. The van der Waals surface area contributed by atoms with Crippen LogP contribution in [0.4, 0.5) is 23.1 Å². The van der Waals surface area contributed by atoms with Gasteiger partial charge in [-0.2, -0.15) is 4.98 Å². The highest BCUT2D eigenvalue weighted by Gasteiger charge is 2.20. The average Bonchev–Trinajstić information content (AvgIpc) is 2.74. The first-order valence-corrected chi connectivity index (χ1v) is 9.59. The van der Waals surface area contributed by atoms with E-state index in [4.69, 9.17) is 5.11 Å². The number of hydrogen-bond donors (Lipinski definition) is 2. The summed E-state index contributed by atoms with van der Waals surface area (Å²) < 4.78 is 0. The number of carboxylic acid groups (broad SMARTS) is 1. The van der Waals surface area contributed by atoms with Crippen LogP contribution in [0.2, 0.25) is 0 Å². The molecule has 2 heterocycles. The van der Waals surface area contributed by atoms with Crippen LogP contribution in [0.3, 0.4) is 0 Å². The van der Waals surface area contributed by atoms with Crippen molar-refractivity contribution >= 4 is 29.1 Å². The van der Waals surface area contributed by atoms with E-state index in [2.05, 4.69) is 49.4 Å². The summed E-state index contributed by atoms with van der Waals surface area (Å²) in [5.41, 5.74) is 3.16. The normalized spacial score (nSPS) is 14.0. The highest BCUT2D eigenvalue weighted by molar-refractivity contribution is 5.88. The molecule has 0 amide bonds. The molecular weight excluding hydrogens is 366 g/mol. The molecule has 29 heavy (non-hydrogen) atoms. The van der Waals surface area contributed by atoms with Crippen molar-refractivity contribution in [2.24, 2.45) is 0 Å². The maximum Gasteiger partial charge on any atom is 0.335 e. The number of piperazine rings is 1. The second kappa shape index (κ2) is 8.18. The number of para-hydroxylation sites is 1. The van der Waals surface area contributed by atoms with Gasteiger partial charge in [-0.25, -0.2) is 9.78 Å². The van der Waals surface area contributed by atoms with E-state index < -0.39 is 5.97 Å². The Bertz CT molecular complexity index is 984. The van der Waals surface area contributed by atoms with Crippen molar-refractivity contribution in [2.45, 2.75) is 6.92 Å². The Balaban J connectivity index is 1.45. The van der Waals surface area contributed by atoms with Crippen molar-refractivity contribution in [1.82, 2.24) is 9.97 Å². The first-order valence-electron chi connectivity index (χ1n) is 9.59. The van der Waals surface area contributed by atoms with E-state index in [1.807, 2.05) is 19.1 Å². The third-order valence-electron chi connectivity index (χ3n) is 4.93. The fourth-order valence-corrected chi connectivity index (χ4v) is 3.41. The van der Waals surface area contributed by atoms with Crippen LogP contribution < -0.4 is 15.1 Å². The fourth-order valence-electron chi connectivity index (χ4n) is 3.41. The molecule has 0 unspecified atom stereocenters. The minimum absolute atomic E-state index is 0.256. The van der Waals surface area contributed by atoms with Crippen LogP contribution in [0.15, 0.2) is 60.7 Å². The van der Waals surface area contributed by atoms with Gasteiger partial charge in [0.15, 0.2) is 0 Å². The first kappa shape index (κ1) is 18.7. The molecule has 2 N–H and O–H groups in total. The molecule has 1 aliphatic heterocycles. The molecule has 2 aromatic carbocycles. The molecule has 1 aromatic heterocycles. The van der Waals surface area contributed by atoms with Crippen molar-refractivity contribution < 1.29 is 9.90 Å². The van der Waals surface area contributed by atoms with Crippen LogP contribution in [0.5, 0.6) is 0 Å². The van der Waals surface area contributed by atoms with E-state index in [-0.39, 0.29) is 5.56 Å². The molecule has 0 atom stereocenters. The summed E-state index contributed by atoms with van der Waals surface area (Å²) in [7, 11) is 0. The number of nitrogens with one attached hydrogen (secondary N) is 1. The van der Waals surface area contributed by atoms with Crippen LogP contribution in [0.1, 0.15) is 16.1 Å². The molecular formula is C22H23N5O2. The Hall–Kier alpha value is -3.61. The molecule has 1 aliphatic rings. The van der Waals surface area contributed by atoms with E-state index in [0.29, 0.717) is 11.8 Å². The van der Waals surface area contributed by atoms with Gasteiger partial charge in [0.25, 0.3) is 0 Å². The third kappa shape index (κ3) is 4.45. The maximum atomic E-state index is 11.0. The van der Waals surface area contributed by atoms with Gasteiger partial charge in [0, 0.05) is 49.3 Å². The van der Waals surface area contributed by atoms with Crippen LogP contribution in [0.25, 0.3) is 0 Å².